The van der Waals surface area contributed by atoms with Crippen molar-refractivity contribution in [2.24, 2.45) is 5.73 Å². The summed E-state index contributed by atoms with van der Waals surface area (Å²) in [4.78, 5) is 12.0. The van der Waals surface area contributed by atoms with Gasteiger partial charge in [0.15, 0.2) is 0 Å². The second kappa shape index (κ2) is 3.68. The van der Waals surface area contributed by atoms with Crippen LogP contribution in [-0.4, -0.2) is 36.9 Å². The minimum absolute atomic E-state index is 0.350. The van der Waals surface area contributed by atoms with Crippen LogP contribution in [0.1, 0.15) is 12.8 Å². The molecule has 1 rings (SSSR count). The Morgan fingerprint density at radius 3 is 2.60 bits per heavy atom. The largest absolute Gasteiger partial charge is 0.328 e. The molecule has 57 valence electrons. The van der Waals surface area contributed by atoms with Gasteiger partial charge in [0.2, 0.25) is 6.29 Å². The Labute approximate surface area is 61.2 Å². The second-order valence-corrected chi connectivity index (χ2v) is 2.76. The fourth-order valence-electron chi connectivity index (χ4n) is 1.20. The van der Waals surface area contributed by atoms with Crippen LogP contribution in [0.15, 0.2) is 0 Å². The summed E-state index contributed by atoms with van der Waals surface area (Å²) in [5, 5.41) is 0. The van der Waals surface area contributed by atoms with Gasteiger partial charge in [0.05, 0.1) is 6.54 Å². The van der Waals surface area contributed by atoms with Gasteiger partial charge >= 0.3 is 0 Å². The van der Waals surface area contributed by atoms with E-state index in [1.165, 1.54) is 0 Å². The zero-order valence-corrected chi connectivity index (χ0v) is 6.05. The fraction of sp³-hybridized carbons (Fsp3) is 0.857. The molecule has 0 aromatic rings. The van der Waals surface area contributed by atoms with Crippen molar-refractivity contribution in [2.45, 2.75) is 18.9 Å². The van der Waals surface area contributed by atoms with E-state index in [9.17, 15) is 4.79 Å². The van der Waals surface area contributed by atoms with Crippen LogP contribution in [-0.2, 0) is 4.79 Å². The highest BCUT2D eigenvalue weighted by atomic mass is 16.1. The van der Waals surface area contributed by atoms with Crippen LogP contribution < -0.4 is 5.73 Å². The molecule has 1 heterocycles. The van der Waals surface area contributed by atoms with E-state index < -0.39 is 0 Å². The van der Waals surface area contributed by atoms with Crippen molar-refractivity contribution in [3.63, 3.8) is 0 Å². The third kappa shape index (κ3) is 2.08. The molecule has 0 amide bonds. The van der Waals surface area contributed by atoms with Crippen LogP contribution >= 0.6 is 0 Å². The average Bonchev–Trinajstić information content (AvgIpc) is 1.95. The van der Waals surface area contributed by atoms with Gasteiger partial charge in [-0.05, 0) is 12.8 Å². The Hall–Kier alpha value is -0.410. The molecule has 0 unspecified atom stereocenters. The van der Waals surface area contributed by atoms with Gasteiger partial charge in [-0.1, -0.05) is 0 Å². The molecule has 3 nitrogen and oxygen atoms in total. The number of nitrogens with two attached hydrogens (primary N) is 1. The molecule has 0 aliphatic carbocycles. The van der Waals surface area contributed by atoms with E-state index in [4.69, 9.17) is 5.73 Å². The third-order valence-corrected chi connectivity index (χ3v) is 1.92. The summed E-state index contributed by atoms with van der Waals surface area (Å²) in [6.45, 7) is 2.36. The second-order valence-electron chi connectivity index (χ2n) is 2.76. The first-order chi connectivity index (χ1) is 4.83. The molecule has 2 N–H and O–H groups in total. The van der Waals surface area contributed by atoms with Crippen molar-refractivity contribution >= 4 is 6.29 Å². The smallest absolute Gasteiger partial charge is 0.213 e. The SMILES string of the molecule is NC1CCN(C[C]=O)CC1. The van der Waals surface area contributed by atoms with Gasteiger partial charge < -0.3 is 5.73 Å². The Morgan fingerprint density at radius 1 is 1.50 bits per heavy atom. The van der Waals surface area contributed by atoms with E-state index in [0.717, 1.165) is 25.9 Å². The van der Waals surface area contributed by atoms with Gasteiger partial charge in [-0.3, -0.25) is 9.69 Å². The molecule has 0 spiro atoms. The molecule has 10 heavy (non-hydrogen) atoms. The first-order valence-corrected chi connectivity index (χ1v) is 3.66. The third-order valence-electron chi connectivity index (χ3n) is 1.92. The van der Waals surface area contributed by atoms with Gasteiger partial charge in [0.25, 0.3) is 0 Å². The first kappa shape index (κ1) is 7.69. The van der Waals surface area contributed by atoms with E-state index >= 15 is 0 Å². The van der Waals surface area contributed by atoms with Crippen LogP contribution in [0.3, 0.4) is 0 Å². The Morgan fingerprint density at radius 2 is 2.10 bits per heavy atom. The summed E-state index contributed by atoms with van der Waals surface area (Å²) >= 11 is 0. The molecule has 0 aromatic heterocycles. The van der Waals surface area contributed by atoms with E-state index in [1.807, 2.05) is 6.29 Å². The number of hydrogen-bond acceptors (Lipinski definition) is 3. The summed E-state index contributed by atoms with van der Waals surface area (Å²) in [6.07, 6.45) is 3.92. The topological polar surface area (TPSA) is 46.3 Å². The molecule has 1 aliphatic heterocycles. The van der Waals surface area contributed by atoms with Crippen molar-refractivity contribution < 1.29 is 4.79 Å². The fourth-order valence-corrected chi connectivity index (χ4v) is 1.20. The molecule has 0 aromatic carbocycles. The lowest BCUT2D eigenvalue weighted by Gasteiger charge is -2.27. The minimum atomic E-state index is 0.350. The molecule has 0 atom stereocenters. The van der Waals surface area contributed by atoms with E-state index in [2.05, 4.69) is 4.90 Å². The zero-order chi connectivity index (χ0) is 7.40. The number of rotatable bonds is 2. The predicted molar refractivity (Wildman–Crippen MR) is 39.3 cm³/mol. The van der Waals surface area contributed by atoms with Gasteiger partial charge in [0, 0.05) is 19.1 Å². The maximum Gasteiger partial charge on any atom is 0.213 e. The van der Waals surface area contributed by atoms with Gasteiger partial charge in [-0.25, -0.2) is 0 Å². The Bertz CT molecular complexity index is 108. The molecule has 1 saturated heterocycles. The van der Waals surface area contributed by atoms with Crippen molar-refractivity contribution in [2.75, 3.05) is 19.6 Å². The van der Waals surface area contributed by atoms with E-state index in [-0.39, 0.29) is 0 Å². The van der Waals surface area contributed by atoms with Crippen LogP contribution in [0.5, 0.6) is 0 Å². The molecule has 0 saturated carbocycles. The minimum Gasteiger partial charge on any atom is -0.328 e. The maximum absolute atomic E-state index is 9.96. The van der Waals surface area contributed by atoms with Crippen LogP contribution in [0.25, 0.3) is 0 Å². The Balaban J connectivity index is 2.19. The summed E-state index contributed by atoms with van der Waals surface area (Å²) in [5.41, 5.74) is 5.67. The summed E-state index contributed by atoms with van der Waals surface area (Å²) in [7, 11) is 0. The van der Waals surface area contributed by atoms with Gasteiger partial charge in [-0.15, -0.1) is 0 Å². The standard InChI is InChI=1S/C7H13N2O/c8-7-1-3-9(4-2-7)5-6-10/h7H,1-5,8H2. The molecule has 1 radical (unpaired) electrons. The van der Waals surface area contributed by atoms with Crippen LogP contribution in [0.4, 0.5) is 0 Å². The monoisotopic (exact) mass is 141 g/mol. The molecule has 0 bridgehead atoms. The van der Waals surface area contributed by atoms with Crippen molar-refractivity contribution in [1.82, 2.24) is 4.90 Å². The van der Waals surface area contributed by atoms with Crippen LogP contribution in [0.2, 0.25) is 0 Å². The highest BCUT2D eigenvalue weighted by Gasteiger charge is 2.14. The van der Waals surface area contributed by atoms with Crippen molar-refractivity contribution in [3.05, 3.63) is 0 Å². The van der Waals surface area contributed by atoms with Gasteiger partial charge in [-0.2, -0.15) is 0 Å². The molecular weight excluding hydrogens is 128 g/mol. The van der Waals surface area contributed by atoms with Crippen molar-refractivity contribution in [3.8, 4) is 0 Å². The highest BCUT2D eigenvalue weighted by Crippen LogP contribution is 2.06. The lowest BCUT2D eigenvalue weighted by Crippen LogP contribution is -2.40. The molecule has 3 heteroatoms. The summed E-state index contributed by atoms with van der Waals surface area (Å²) in [5.74, 6) is 0. The number of hydrogen-bond donors (Lipinski definition) is 1. The van der Waals surface area contributed by atoms with Crippen molar-refractivity contribution in [1.29, 1.82) is 0 Å². The molecule has 1 aliphatic rings. The maximum atomic E-state index is 9.96. The number of nitrogens with zero attached hydrogens (tertiary/aromatic N) is 1. The van der Waals surface area contributed by atoms with E-state index in [1.54, 1.807) is 0 Å². The number of carbonyl (C=O) groups excluding carboxylic acids is 1. The predicted octanol–water partition coefficient (Wildman–Crippen LogP) is -0.481. The number of likely N-dealkylation sites (tertiary alicyclic amines) is 1. The molecular formula is C7H13N2O. The quantitative estimate of drug-likeness (QED) is 0.565. The highest BCUT2D eigenvalue weighted by molar-refractivity contribution is 5.53. The summed E-state index contributed by atoms with van der Waals surface area (Å²) < 4.78 is 0. The molecule has 1 fully saturated rings. The lowest BCUT2D eigenvalue weighted by atomic mass is 10.1. The lowest BCUT2D eigenvalue weighted by molar-refractivity contribution is 0.237. The van der Waals surface area contributed by atoms with Crippen LogP contribution in [0, 0.1) is 0 Å². The first-order valence-electron chi connectivity index (χ1n) is 3.66. The zero-order valence-electron chi connectivity index (χ0n) is 6.05. The van der Waals surface area contributed by atoms with E-state index in [0.29, 0.717) is 12.6 Å². The van der Waals surface area contributed by atoms with Gasteiger partial charge in [0.1, 0.15) is 0 Å². The normalized spacial score (nSPS) is 22.9. The average molecular weight is 141 g/mol. The number of piperidine rings is 1. The summed E-state index contributed by atoms with van der Waals surface area (Å²) in [6, 6.07) is 0.350. The Kier molecular flexibility index (Phi) is 2.83.